The molecule has 142 valence electrons. The van der Waals surface area contributed by atoms with Crippen molar-refractivity contribution in [3.8, 4) is 22.6 Å². The number of dihydropyridines is 1. The molecule has 1 amide bonds. The molecule has 1 unspecified atom stereocenters. The first kappa shape index (κ1) is 18.1. The lowest BCUT2D eigenvalue weighted by Gasteiger charge is -2.21. The summed E-state index contributed by atoms with van der Waals surface area (Å²) in [6, 6.07) is 11.4. The van der Waals surface area contributed by atoms with Crippen molar-refractivity contribution in [3.63, 3.8) is 0 Å². The van der Waals surface area contributed by atoms with Crippen LogP contribution in [0.1, 0.15) is 19.6 Å². The summed E-state index contributed by atoms with van der Waals surface area (Å²) in [5.41, 5.74) is 4.29. The van der Waals surface area contributed by atoms with E-state index in [2.05, 4.69) is 20.8 Å². The van der Waals surface area contributed by atoms with Crippen molar-refractivity contribution >= 4 is 23.1 Å². The fourth-order valence-corrected chi connectivity index (χ4v) is 3.41. The number of furan rings is 1. The molecule has 1 aromatic carbocycles. The molecule has 0 fully saturated rings. The standard InChI is InChI=1S/C21H19ClN4O2/c1-12-11-23-20(25-13(2)27)10-15(12)19-9-16(18-7-8-24-26-18)21(28-19)14-5-3-4-6-17(14)22/h3-11,20,23H,1-2H3,(H,24,26)(H,25,27). The molecule has 3 N–H and O–H groups in total. The summed E-state index contributed by atoms with van der Waals surface area (Å²) in [5, 5.41) is 13.7. The summed E-state index contributed by atoms with van der Waals surface area (Å²) >= 11 is 6.42. The van der Waals surface area contributed by atoms with Crippen LogP contribution in [-0.2, 0) is 4.79 Å². The Labute approximate surface area is 167 Å². The van der Waals surface area contributed by atoms with E-state index in [1.807, 2.05) is 55.6 Å². The predicted octanol–water partition coefficient (Wildman–Crippen LogP) is 4.34. The van der Waals surface area contributed by atoms with E-state index < -0.39 is 0 Å². The van der Waals surface area contributed by atoms with Crippen LogP contribution in [0.4, 0.5) is 0 Å². The van der Waals surface area contributed by atoms with Gasteiger partial charge in [0.2, 0.25) is 5.91 Å². The smallest absolute Gasteiger partial charge is 0.218 e. The van der Waals surface area contributed by atoms with Gasteiger partial charge in [0.25, 0.3) is 0 Å². The normalized spacial score (nSPS) is 16.2. The quantitative estimate of drug-likeness (QED) is 0.614. The van der Waals surface area contributed by atoms with Gasteiger partial charge >= 0.3 is 0 Å². The van der Waals surface area contributed by atoms with E-state index in [9.17, 15) is 4.79 Å². The number of benzene rings is 1. The summed E-state index contributed by atoms with van der Waals surface area (Å²) in [5.74, 6) is 1.21. The molecular weight excluding hydrogens is 376 g/mol. The Hall–Kier alpha value is -3.25. The Morgan fingerprint density at radius 1 is 1.25 bits per heavy atom. The number of carbonyl (C=O) groups is 1. The highest BCUT2D eigenvalue weighted by Crippen LogP contribution is 2.40. The molecule has 0 saturated heterocycles. The average molecular weight is 395 g/mol. The minimum atomic E-state index is -0.307. The fourth-order valence-electron chi connectivity index (χ4n) is 3.19. The second kappa shape index (κ2) is 7.40. The minimum Gasteiger partial charge on any atom is -0.455 e. The first-order valence-electron chi connectivity index (χ1n) is 8.84. The van der Waals surface area contributed by atoms with Gasteiger partial charge in [-0.05, 0) is 42.8 Å². The second-order valence-electron chi connectivity index (χ2n) is 6.55. The largest absolute Gasteiger partial charge is 0.455 e. The Morgan fingerprint density at radius 2 is 2.07 bits per heavy atom. The summed E-state index contributed by atoms with van der Waals surface area (Å²) in [6.07, 6.45) is 5.25. The van der Waals surface area contributed by atoms with Gasteiger partial charge in [-0.15, -0.1) is 0 Å². The molecular formula is C21H19ClN4O2. The lowest BCUT2D eigenvalue weighted by Crippen LogP contribution is -2.42. The van der Waals surface area contributed by atoms with E-state index in [-0.39, 0.29) is 12.1 Å². The third-order valence-electron chi connectivity index (χ3n) is 4.49. The molecule has 0 aliphatic carbocycles. The van der Waals surface area contributed by atoms with Crippen LogP contribution >= 0.6 is 11.6 Å². The van der Waals surface area contributed by atoms with Crippen LogP contribution < -0.4 is 10.6 Å². The molecule has 2 aromatic heterocycles. The summed E-state index contributed by atoms with van der Waals surface area (Å²) in [7, 11) is 0. The van der Waals surface area contributed by atoms with Crippen LogP contribution in [-0.4, -0.2) is 22.3 Å². The summed E-state index contributed by atoms with van der Waals surface area (Å²) < 4.78 is 6.28. The molecule has 28 heavy (non-hydrogen) atoms. The third-order valence-corrected chi connectivity index (χ3v) is 4.82. The maximum absolute atomic E-state index is 11.4. The fraction of sp³-hybridized carbons (Fsp3) is 0.143. The highest BCUT2D eigenvalue weighted by Gasteiger charge is 2.23. The molecule has 0 bridgehead atoms. The van der Waals surface area contributed by atoms with Gasteiger partial charge < -0.3 is 15.1 Å². The first-order valence-corrected chi connectivity index (χ1v) is 9.22. The summed E-state index contributed by atoms with van der Waals surface area (Å²) in [6.45, 7) is 3.47. The van der Waals surface area contributed by atoms with Crippen LogP contribution in [0.5, 0.6) is 0 Å². The molecule has 3 heterocycles. The third kappa shape index (κ3) is 3.46. The number of halogens is 1. The maximum Gasteiger partial charge on any atom is 0.218 e. The Balaban J connectivity index is 1.84. The number of rotatable bonds is 4. The molecule has 0 saturated carbocycles. The summed E-state index contributed by atoms with van der Waals surface area (Å²) in [4.78, 5) is 11.4. The average Bonchev–Trinajstić information content (AvgIpc) is 3.32. The molecule has 0 spiro atoms. The number of H-pyrrole nitrogens is 1. The van der Waals surface area contributed by atoms with Crippen molar-refractivity contribution in [2.24, 2.45) is 0 Å². The van der Waals surface area contributed by atoms with Gasteiger partial charge in [-0.3, -0.25) is 9.89 Å². The highest BCUT2D eigenvalue weighted by atomic mass is 35.5. The number of carbonyl (C=O) groups excluding carboxylic acids is 1. The number of amides is 1. The van der Waals surface area contributed by atoms with Crippen molar-refractivity contribution in [2.75, 3.05) is 0 Å². The molecule has 1 atom stereocenters. The van der Waals surface area contributed by atoms with Crippen molar-refractivity contribution in [1.82, 2.24) is 20.8 Å². The zero-order valence-electron chi connectivity index (χ0n) is 15.4. The van der Waals surface area contributed by atoms with Gasteiger partial charge in [0.05, 0.1) is 10.7 Å². The minimum absolute atomic E-state index is 0.116. The van der Waals surface area contributed by atoms with E-state index in [0.717, 1.165) is 28.0 Å². The molecule has 1 aliphatic heterocycles. The van der Waals surface area contributed by atoms with Crippen LogP contribution in [0.25, 0.3) is 28.2 Å². The molecule has 0 radical (unpaired) electrons. The monoisotopic (exact) mass is 394 g/mol. The Bertz CT molecular complexity index is 1080. The second-order valence-corrected chi connectivity index (χ2v) is 6.95. The van der Waals surface area contributed by atoms with Crippen LogP contribution in [0.15, 0.2) is 64.9 Å². The van der Waals surface area contributed by atoms with E-state index >= 15 is 0 Å². The van der Waals surface area contributed by atoms with Gasteiger partial charge in [0.15, 0.2) is 0 Å². The number of aromatic nitrogens is 2. The van der Waals surface area contributed by atoms with Crippen LogP contribution in [0, 0.1) is 0 Å². The maximum atomic E-state index is 11.4. The van der Waals surface area contributed by atoms with Gasteiger partial charge in [0.1, 0.15) is 17.7 Å². The van der Waals surface area contributed by atoms with Gasteiger partial charge in [0, 0.05) is 36.0 Å². The first-order chi connectivity index (χ1) is 13.5. The Kier molecular flexibility index (Phi) is 4.79. The Morgan fingerprint density at radius 3 is 2.79 bits per heavy atom. The number of hydrogen-bond acceptors (Lipinski definition) is 4. The SMILES string of the molecule is CC(=O)NC1C=C(c2cc(-c3cc[nH]n3)c(-c3ccccc3Cl)o2)C(C)=CN1. The van der Waals surface area contributed by atoms with Crippen LogP contribution in [0.2, 0.25) is 5.02 Å². The number of hydrogen-bond donors (Lipinski definition) is 3. The van der Waals surface area contributed by atoms with E-state index in [1.165, 1.54) is 6.92 Å². The van der Waals surface area contributed by atoms with E-state index in [0.29, 0.717) is 16.5 Å². The van der Waals surface area contributed by atoms with Crippen molar-refractivity contribution in [3.05, 3.63) is 71.2 Å². The number of allylic oxidation sites excluding steroid dienone is 2. The topological polar surface area (TPSA) is 83.0 Å². The molecule has 4 rings (SSSR count). The predicted molar refractivity (Wildman–Crippen MR) is 109 cm³/mol. The number of nitrogens with one attached hydrogen (secondary N) is 3. The van der Waals surface area contributed by atoms with E-state index in [4.69, 9.17) is 16.0 Å². The number of aromatic amines is 1. The number of nitrogens with zero attached hydrogens (tertiary/aromatic N) is 1. The van der Waals surface area contributed by atoms with Gasteiger partial charge in [-0.1, -0.05) is 23.7 Å². The van der Waals surface area contributed by atoms with Crippen LogP contribution in [0.3, 0.4) is 0 Å². The van der Waals surface area contributed by atoms with Gasteiger partial charge in [-0.25, -0.2) is 0 Å². The van der Waals surface area contributed by atoms with Gasteiger partial charge in [-0.2, -0.15) is 5.10 Å². The highest BCUT2D eigenvalue weighted by molar-refractivity contribution is 6.33. The molecule has 1 aliphatic rings. The lowest BCUT2D eigenvalue weighted by molar-refractivity contribution is -0.119. The lowest BCUT2D eigenvalue weighted by atomic mass is 10.0. The van der Waals surface area contributed by atoms with Crippen molar-refractivity contribution in [2.45, 2.75) is 20.0 Å². The molecule has 6 nitrogen and oxygen atoms in total. The van der Waals surface area contributed by atoms with Crippen molar-refractivity contribution < 1.29 is 9.21 Å². The molecule has 7 heteroatoms. The molecule has 3 aromatic rings. The van der Waals surface area contributed by atoms with E-state index in [1.54, 1.807) is 6.20 Å². The van der Waals surface area contributed by atoms with Crippen molar-refractivity contribution in [1.29, 1.82) is 0 Å². The zero-order chi connectivity index (χ0) is 19.7. The zero-order valence-corrected chi connectivity index (χ0v) is 16.2.